The number of hydrogen-bond acceptors (Lipinski definition) is 1. The highest BCUT2D eigenvalue weighted by atomic mass is 32.1. The van der Waals surface area contributed by atoms with Crippen molar-refractivity contribution in [2.24, 2.45) is 23.2 Å². The van der Waals surface area contributed by atoms with Gasteiger partial charge in [-0.25, -0.2) is 0 Å². The fraction of sp³-hybridized carbons (Fsp3) is 0.667. The van der Waals surface area contributed by atoms with Gasteiger partial charge < -0.3 is 10.6 Å². The molecular weight excluding hydrogens is 312 g/mol. The fourth-order valence-electron chi connectivity index (χ4n) is 6.04. The van der Waals surface area contributed by atoms with E-state index in [4.69, 9.17) is 12.2 Å². The van der Waals surface area contributed by atoms with Crippen LogP contribution in [0, 0.1) is 37.0 Å². The maximum atomic E-state index is 5.62. The van der Waals surface area contributed by atoms with Crippen LogP contribution in [-0.2, 0) is 0 Å². The van der Waals surface area contributed by atoms with Gasteiger partial charge in [0, 0.05) is 11.7 Å². The first-order valence-corrected chi connectivity index (χ1v) is 9.99. The third-order valence-electron chi connectivity index (χ3n) is 7.12. The Morgan fingerprint density at radius 3 is 2.17 bits per heavy atom. The van der Waals surface area contributed by atoms with Crippen LogP contribution in [0.25, 0.3) is 0 Å². The Morgan fingerprint density at radius 1 is 1.04 bits per heavy atom. The third-order valence-corrected chi connectivity index (χ3v) is 7.34. The van der Waals surface area contributed by atoms with E-state index in [0.717, 1.165) is 28.6 Å². The zero-order valence-corrected chi connectivity index (χ0v) is 16.0. The van der Waals surface area contributed by atoms with Gasteiger partial charge in [0.2, 0.25) is 0 Å². The van der Waals surface area contributed by atoms with Crippen molar-refractivity contribution in [1.82, 2.24) is 5.32 Å². The van der Waals surface area contributed by atoms with E-state index in [-0.39, 0.29) is 0 Å². The lowest BCUT2D eigenvalue weighted by Crippen LogP contribution is -2.56. The van der Waals surface area contributed by atoms with Gasteiger partial charge >= 0.3 is 0 Å². The van der Waals surface area contributed by atoms with Gasteiger partial charge in [-0.1, -0.05) is 6.07 Å². The summed E-state index contributed by atoms with van der Waals surface area (Å²) >= 11 is 5.62. The zero-order valence-electron chi connectivity index (χ0n) is 15.2. The lowest BCUT2D eigenvalue weighted by Gasteiger charge is -2.59. The molecule has 130 valence electrons. The molecule has 0 aromatic heterocycles. The van der Waals surface area contributed by atoms with Gasteiger partial charge in [0.15, 0.2) is 5.11 Å². The summed E-state index contributed by atoms with van der Waals surface area (Å²) in [6.07, 6.45) is 8.74. The van der Waals surface area contributed by atoms with Gasteiger partial charge in [-0.3, -0.25) is 0 Å². The number of benzene rings is 1. The van der Waals surface area contributed by atoms with Gasteiger partial charge in [0.1, 0.15) is 0 Å². The lowest BCUT2D eigenvalue weighted by atomic mass is 9.48. The van der Waals surface area contributed by atoms with Crippen molar-refractivity contribution in [1.29, 1.82) is 0 Å². The molecule has 1 aromatic carbocycles. The molecule has 0 heterocycles. The van der Waals surface area contributed by atoms with Gasteiger partial charge in [0.25, 0.3) is 0 Å². The summed E-state index contributed by atoms with van der Waals surface area (Å²) in [6, 6.07) is 6.92. The van der Waals surface area contributed by atoms with Crippen LogP contribution in [0.5, 0.6) is 0 Å². The maximum absolute atomic E-state index is 5.62. The van der Waals surface area contributed by atoms with E-state index in [1.165, 1.54) is 49.7 Å². The van der Waals surface area contributed by atoms with Crippen LogP contribution in [0.1, 0.15) is 56.6 Å². The minimum absolute atomic E-state index is 0.470. The summed E-state index contributed by atoms with van der Waals surface area (Å²) in [5.74, 6) is 2.96. The number of aryl methyl sites for hydroxylation is 2. The molecule has 4 aliphatic rings. The van der Waals surface area contributed by atoms with Crippen LogP contribution in [-0.4, -0.2) is 11.2 Å². The van der Waals surface area contributed by atoms with Gasteiger partial charge in [0.05, 0.1) is 0 Å². The summed E-state index contributed by atoms with van der Waals surface area (Å²) < 4.78 is 0. The summed E-state index contributed by atoms with van der Waals surface area (Å²) in [5.41, 5.74) is 4.20. The van der Waals surface area contributed by atoms with E-state index in [0.29, 0.717) is 11.5 Å². The standard InChI is InChI=1S/C21H30N2S/c1-13-4-5-19(6-14(13)2)23-20(24)22-15(3)21-10-16-7-17(11-21)9-18(8-16)12-21/h4-6,15-18H,7-12H2,1-3H3,(H2,22,23,24)/t15-,16?,17?,18?,21?/m0/s1. The Labute approximate surface area is 151 Å². The van der Waals surface area contributed by atoms with Crippen molar-refractivity contribution in [2.45, 2.75) is 65.3 Å². The molecule has 0 amide bonds. The van der Waals surface area contributed by atoms with Crippen LogP contribution in [0.2, 0.25) is 0 Å². The van der Waals surface area contributed by atoms with Gasteiger partial charge in [-0.2, -0.15) is 0 Å². The largest absolute Gasteiger partial charge is 0.359 e. The van der Waals surface area contributed by atoms with Gasteiger partial charge in [-0.15, -0.1) is 0 Å². The molecule has 4 bridgehead atoms. The molecule has 4 saturated carbocycles. The second kappa shape index (κ2) is 6.01. The minimum Gasteiger partial charge on any atom is -0.359 e. The number of hydrogen-bond donors (Lipinski definition) is 2. The zero-order chi connectivity index (χ0) is 16.9. The molecule has 2 N–H and O–H groups in total. The number of rotatable bonds is 3. The van der Waals surface area contributed by atoms with E-state index in [2.05, 4.69) is 49.6 Å². The van der Waals surface area contributed by atoms with Crippen molar-refractivity contribution in [3.63, 3.8) is 0 Å². The first-order chi connectivity index (χ1) is 11.4. The molecule has 0 aliphatic heterocycles. The SMILES string of the molecule is Cc1ccc(NC(=S)N[C@@H](C)C23CC4CC(CC(C4)C2)C3)cc1C. The fourth-order valence-corrected chi connectivity index (χ4v) is 6.34. The second-order valence-corrected chi connectivity index (χ2v) is 9.31. The molecule has 5 rings (SSSR count). The molecule has 0 unspecified atom stereocenters. The predicted molar refractivity (Wildman–Crippen MR) is 105 cm³/mol. The third kappa shape index (κ3) is 2.96. The molecule has 0 spiro atoms. The smallest absolute Gasteiger partial charge is 0.171 e. The summed E-state index contributed by atoms with van der Waals surface area (Å²) in [6.45, 7) is 6.65. The number of thiocarbonyl (C=S) groups is 1. The highest BCUT2D eigenvalue weighted by molar-refractivity contribution is 7.80. The van der Waals surface area contributed by atoms with Crippen LogP contribution in [0.4, 0.5) is 5.69 Å². The Balaban J connectivity index is 1.41. The van der Waals surface area contributed by atoms with Crippen LogP contribution >= 0.6 is 12.2 Å². The van der Waals surface area contributed by atoms with Crippen LogP contribution in [0.15, 0.2) is 18.2 Å². The Bertz CT molecular complexity index is 616. The molecule has 4 fully saturated rings. The predicted octanol–water partition coefficient (Wildman–Crippen LogP) is 5.19. The highest BCUT2D eigenvalue weighted by Gasteiger charge is 2.53. The first kappa shape index (κ1) is 16.4. The van der Waals surface area contributed by atoms with E-state index in [9.17, 15) is 0 Å². The number of nitrogens with one attached hydrogen (secondary N) is 2. The van der Waals surface area contributed by atoms with E-state index < -0.39 is 0 Å². The van der Waals surface area contributed by atoms with Crippen LogP contribution < -0.4 is 10.6 Å². The average Bonchev–Trinajstić information content (AvgIpc) is 2.49. The molecule has 1 aromatic rings. The van der Waals surface area contributed by atoms with Crippen LogP contribution in [0.3, 0.4) is 0 Å². The molecule has 2 nitrogen and oxygen atoms in total. The Hall–Kier alpha value is -1.09. The molecule has 3 heteroatoms. The normalized spacial score (nSPS) is 34.9. The molecule has 1 atom stereocenters. The molecule has 24 heavy (non-hydrogen) atoms. The van der Waals surface area contributed by atoms with E-state index in [1.54, 1.807) is 0 Å². The maximum Gasteiger partial charge on any atom is 0.171 e. The van der Waals surface area contributed by atoms with Crippen molar-refractivity contribution < 1.29 is 0 Å². The monoisotopic (exact) mass is 342 g/mol. The van der Waals surface area contributed by atoms with Crippen molar-refractivity contribution >= 4 is 23.0 Å². The molecule has 0 radical (unpaired) electrons. The average molecular weight is 343 g/mol. The summed E-state index contributed by atoms with van der Waals surface area (Å²) in [7, 11) is 0. The first-order valence-electron chi connectivity index (χ1n) is 9.58. The molecule has 4 aliphatic carbocycles. The van der Waals surface area contributed by atoms with Crippen molar-refractivity contribution in [2.75, 3.05) is 5.32 Å². The topological polar surface area (TPSA) is 24.1 Å². The minimum atomic E-state index is 0.470. The van der Waals surface area contributed by atoms with Crippen molar-refractivity contribution in [3.05, 3.63) is 29.3 Å². The quantitative estimate of drug-likeness (QED) is 0.739. The van der Waals surface area contributed by atoms with Crippen molar-refractivity contribution in [3.8, 4) is 0 Å². The Morgan fingerprint density at radius 2 is 1.62 bits per heavy atom. The second-order valence-electron chi connectivity index (χ2n) is 8.90. The van der Waals surface area contributed by atoms with E-state index in [1.807, 2.05) is 0 Å². The summed E-state index contributed by atoms with van der Waals surface area (Å²) in [4.78, 5) is 0. The highest BCUT2D eigenvalue weighted by Crippen LogP contribution is 2.61. The summed E-state index contributed by atoms with van der Waals surface area (Å²) in [5, 5.41) is 7.81. The van der Waals surface area contributed by atoms with Gasteiger partial charge in [-0.05, 0) is 118 Å². The lowest BCUT2D eigenvalue weighted by molar-refractivity contribution is -0.0671. The number of anilines is 1. The van der Waals surface area contributed by atoms with E-state index >= 15 is 0 Å². The Kier molecular flexibility index (Phi) is 4.11. The molecule has 0 saturated heterocycles. The molecular formula is C21H30N2S.